The van der Waals surface area contributed by atoms with Crippen molar-refractivity contribution in [3.8, 4) is 0 Å². The maximum atomic E-state index is 5.68. The van der Waals surface area contributed by atoms with Gasteiger partial charge in [0.05, 0.1) is 12.2 Å². The molecule has 1 N–H and O–H groups in total. The summed E-state index contributed by atoms with van der Waals surface area (Å²) in [6, 6.07) is 0. The quantitative estimate of drug-likeness (QED) is 0.597. The van der Waals surface area contributed by atoms with Crippen LogP contribution >= 0.6 is 12.2 Å². The monoisotopic (exact) mass is 260 g/mol. The molecule has 0 spiro atoms. The van der Waals surface area contributed by atoms with Crippen LogP contribution in [0.4, 0.5) is 0 Å². The zero-order valence-electron chi connectivity index (χ0n) is 11.1. The Bertz CT molecular complexity index is 229. The maximum absolute atomic E-state index is 5.68. The van der Waals surface area contributed by atoms with Crippen molar-refractivity contribution < 1.29 is 9.47 Å². The van der Waals surface area contributed by atoms with Gasteiger partial charge in [-0.15, -0.1) is 0 Å². The summed E-state index contributed by atoms with van der Waals surface area (Å²) >= 11 is 5.38. The molecule has 0 aromatic rings. The standard InChI is InChI=1S/C12H24N2O2S/c1-4-15-7-5-6-13-12(17)14-8-10(2)16-11(3)9-14/h10-11H,4-9H2,1-3H3,(H,13,17). The molecule has 2 unspecified atom stereocenters. The van der Waals surface area contributed by atoms with Gasteiger partial charge in [-0.1, -0.05) is 0 Å². The van der Waals surface area contributed by atoms with Crippen LogP contribution in [0.25, 0.3) is 0 Å². The molecule has 0 radical (unpaired) electrons. The van der Waals surface area contributed by atoms with E-state index in [9.17, 15) is 0 Å². The number of rotatable bonds is 5. The third kappa shape index (κ3) is 5.66. The number of ether oxygens (including phenoxy) is 2. The van der Waals surface area contributed by atoms with Crippen molar-refractivity contribution in [3.63, 3.8) is 0 Å². The Labute approximate surface area is 110 Å². The Hall–Kier alpha value is -0.390. The third-order valence-electron chi connectivity index (χ3n) is 2.65. The first-order valence-electron chi connectivity index (χ1n) is 6.39. The van der Waals surface area contributed by atoms with Gasteiger partial charge in [0.2, 0.25) is 0 Å². The Morgan fingerprint density at radius 3 is 2.65 bits per heavy atom. The molecule has 0 amide bonds. The fourth-order valence-corrected chi connectivity index (χ4v) is 2.22. The minimum atomic E-state index is 0.252. The zero-order valence-corrected chi connectivity index (χ0v) is 11.9. The van der Waals surface area contributed by atoms with Gasteiger partial charge in [0, 0.05) is 32.8 Å². The van der Waals surface area contributed by atoms with Crippen molar-refractivity contribution in [1.82, 2.24) is 10.2 Å². The van der Waals surface area contributed by atoms with E-state index in [0.29, 0.717) is 0 Å². The van der Waals surface area contributed by atoms with Gasteiger partial charge in [-0.2, -0.15) is 0 Å². The van der Waals surface area contributed by atoms with E-state index in [0.717, 1.165) is 44.4 Å². The second kappa shape index (κ2) is 7.84. The molecule has 4 nitrogen and oxygen atoms in total. The molecule has 1 aliphatic heterocycles. The molecule has 1 saturated heterocycles. The van der Waals surface area contributed by atoms with Crippen LogP contribution in [0.3, 0.4) is 0 Å². The molecule has 17 heavy (non-hydrogen) atoms. The van der Waals surface area contributed by atoms with Crippen molar-refractivity contribution in [2.24, 2.45) is 0 Å². The second-order valence-corrected chi connectivity index (χ2v) is 4.83. The van der Waals surface area contributed by atoms with E-state index in [1.165, 1.54) is 0 Å². The molecule has 0 saturated carbocycles. The van der Waals surface area contributed by atoms with Gasteiger partial charge in [-0.05, 0) is 39.4 Å². The number of morpholine rings is 1. The number of hydrogen-bond acceptors (Lipinski definition) is 3. The summed E-state index contributed by atoms with van der Waals surface area (Å²) in [4.78, 5) is 2.19. The van der Waals surface area contributed by atoms with E-state index in [-0.39, 0.29) is 12.2 Å². The fraction of sp³-hybridized carbons (Fsp3) is 0.917. The largest absolute Gasteiger partial charge is 0.382 e. The first-order chi connectivity index (χ1) is 8.13. The molecule has 5 heteroatoms. The number of thiocarbonyl (C=S) groups is 1. The molecule has 1 rings (SSSR count). The molecular weight excluding hydrogens is 236 g/mol. The Morgan fingerprint density at radius 2 is 2.06 bits per heavy atom. The summed E-state index contributed by atoms with van der Waals surface area (Å²) in [5.41, 5.74) is 0. The van der Waals surface area contributed by atoms with Gasteiger partial charge in [0.1, 0.15) is 0 Å². The molecular formula is C12H24N2O2S. The van der Waals surface area contributed by atoms with Crippen LogP contribution in [0.2, 0.25) is 0 Å². The van der Waals surface area contributed by atoms with Crippen molar-refractivity contribution in [2.45, 2.75) is 39.4 Å². The van der Waals surface area contributed by atoms with Crippen molar-refractivity contribution in [3.05, 3.63) is 0 Å². The van der Waals surface area contributed by atoms with Crippen LogP contribution in [-0.4, -0.2) is 55.1 Å². The maximum Gasteiger partial charge on any atom is 0.169 e. The molecule has 1 heterocycles. The Morgan fingerprint density at radius 1 is 1.41 bits per heavy atom. The average Bonchev–Trinajstić information content (AvgIpc) is 2.27. The highest BCUT2D eigenvalue weighted by atomic mass is 32.1. The summed E-state index contributed by atoms with van der Waals surface area (Å²) in [7, 11) is 0. The highest BCUT2D eigenvalue weighted by molar-refractivity contribution is 7.80. The minimum absolute atomic E-state index is 0.252. The fourth-order valence-electron chi connectivity index (χ4n) is 1.97. The van der Waals surface area contributed by atoms with Gasteiger partial charge in [0.25, 0.3) is 0 Å². The smallest absolute Gasteiger partial charge is 0.169 e. The summed E-state index contributed by atoms with van der Waals surface area (Å²) in [6.45, 7) is 10.4. The van der Waals surface area contributed by atoms with Crippen LogP contribution in [0.1, 0.15) is 27.2 Å². The molecule has 100 valence electrons. The molecule has 1 aliphatic rings. The van der Waals surface area contributed by atoms with Crippen LogP contribution < -0.4 is 5.32 Å². The Balaban J connectivity index is 2.18. The zero-order chi connectivity index (χ0) is 12.7. The predicted octanol–water partition coefficient (Wildman–Crippen LogP) is 1.40. The molecule has 2 atom stereocenters. The van der Waals surface area contributed by atoms with Gasteiger partial charge < -0.3 is 19.7 Å². The molecule has 1 fully saturated rings. The SMILES string of the molecule is CCOCCCNC(=S)N1CC(C)OC(C)C1. The second-order valence-electron chi connectivity index (χ2n) is 4.44. The van der Waals surface area contributed by atoms with Gasteiger partial charge in [-0.25, -0.2) is 0 Å². The lowest BCUT2D eigenvalue weighted by atomic mass is 10.2. The topological polar surface area (TPSA) is 33.7 Å². The highest BCUT2D eigenvalue weighted by Crippen LogP contribution is 2.10. The van der Waals surface area contributed by atoms with Gasteiger partial charge in [-0.3, -0.25) is 0 Å². The molecule has 0 bridgehead atoms. The first-order valence-corrected chi connectivity index (χ1v) is 6.80. The summed E-state index contributed by atoms with van der Waals surface area (Å²) in [5.74, 6) is 0. The summed E-state index contributed by atoms with van der Waals surface area (Å²) in [6.07, 6.45) is 1.49. The highest BCUT2D eigenvalue weighted by Gasteiger charge is 2.23. The number of hydrogen-bond donors (Lipinski definition) is 1. The lowest BCUT2D eigenvalue weighted by molar-refractivity contribution is -0.0482. The van der Waals surface area contributed by atoms with Gasteiger partial charge in [0.15, 0.2) is 5.11 Å². The molecule has 0 aromatic heterocycles. The van der Waals surface area contributed by atoms with Crippen LogP contribution in [0, 0.1) is 0 Å². The third-order valence-corrected chi connectivity index (χ3v) is 3.06. The van der Waals surface area contributed by atoms with Crippen molar-refractivity contribution >= 4 is 17.3 Å². The minimum Gasteiger partial charge on any atom is -0.382 e. The molecule has 0 aliphatic carbocycles. The van der Waals surface area contributed by atoms with E-state index in [1.54, 1.807) is 0 Å². The number of nitrogens with one attached hydrogen (secondary N) is 1. The lowest BCUT2D eigenvalue weighted by Crippen LogP contribution is -2.51. The van der Waals surface area contributed by atoms with E-state index in [2.05, 4.69) is 24.1 Å². The normalized spacial score (nSPS) is 24.8. The van der Waals surface area contributed by atoms with Crippen LogP contribution in [0.5, 0.6) is 0 Å². The van der Waals surface area contributed by atoms with Crippen LogP contribution in [-0.2, 0) is 9.47 Å². The van der Waals surface area contributed by atoms with Gasteiger partial charge >= 0.3 is 0 Å². The van der Waals surface area contributed by atoms with E-state index < -0.39 is 0 Å². The Kier molecular flexibility index (Phi) is 6.77. The first kappa shape index (κ1) is 14.7. The van der Waals surface area contributed by atoms with Crippen LogP contribution in [0.15, 0.2) is 0 Å². The van der Waals surface area contributed by atoms with E-state index >= 15 is 0 Å². The summed E-state index contributed by atoms with van der Waals surface area (Å²) in [5, 5.41) is 4.11. The van der Waals surface area contributed by atoms with E-state index in [4.69, 9.17) is 21.7 Å². The predicted molar refractivity (Wildman–Crippen MR) is 73.3 cm³/mol. The lowest BCUT2D eigenvalue weighted by Gasteiger charge is -2.36. The molecule has 0 aromatic carbocycles. The number of nitrogens with zero attached hydrogens (tertiary/aromatic N) is 1. The van der Waals surface area contributed by atoms with Crippen molar-refractivity contribution in [1.29, 1.82) is 0 Å². The summed E-state index contributed by atoms with van der Waals surface area (Å²) < 4.78 is 11.0. The van der Waals surface area contributed by atoms with E-state index in [1.807, 2.05) is 6.92 Å². The van der Waals surface area contributed by atoms with Crippen molar-refractivity contribution in [2.75, 3.05) is 32.8 Å². The average molecular weight is 260 g/mol.